The number of likely N-dealkylation sites (N-methyl/N-ethyl adjacent to an activating group) is 2. The van der Waals surface area contributed by atoms with E-state index in [-0.39, 0.29) is 30.5 Å². The average molecular weight is 397 g/mol. The molecule has 0 bridgehead atoms. The first-order chi connectivity index (χ1) is 13.9. The van der Waals surface area contributed by atoms with Crippen LogP contribution in [0.25, 0.3) is 10.9 Å². The van der Waals surface area contributed by atoms with E-state index < -0.39 is 17.9 Å². The number of piperazine rings is 1. The second kappa shape index (κ2) is 7.31. The number of aromatic amines is 1. The number of H-pyrrole nitrogens is 1. The molecule has 29 heavy (non-hydrogen) atoms. The maximum absolute atomic E-state index is 14.3. The molecule has 7 heteroatoms. The number of nitrogens with zero attached hydrogens (tertiary/aromatic N) is 2. The van der Waals surface area contributed by atoms with Gasteiger partial charge in [-0.3, -0.25) is 9.59 Å². The third-order valence-corrected chi connectivity index (χ3v) is 5.72. The summed E-state index contributed by atoms with van der Waals surface area (Å²) in [6.45, 7) is 0. The van der Waals surface area contributed by atoms with E-state index in [9.17, 15) is 18.4 Å². The van der Waals surface area contributed by atoms with Gasteiger partial charge in [0.25, 0.3) is 0 Å². The molecule has 1 aliphatic rings. The summed E-state index contributed by atoms with van der Waals surface area (Å²) in [5, 5.41) is 0.428. The van der Waals surface area contributed by atoms with Crippen LogP contribution in [0.4, 0.5) is 8.78 Å². The molecule has 2 atom stereocenters. The third kappa shape index (κ3) is 3.26. The molecule has 2 amide bonds. The van der Waals surface area contributed by atoms with Gasteiger partial charge in [0.15, 0.2) is 0 Å². The van der Waals surface area contributed by atoms with Crippen LogP contribution in [0.5, 0.6) is 0 Å². The Balaban J connectivity index is 1.60. The molecule has 150 valence electrons. The zero-order chi connectivity index (χ0) is 20.7. The van der Waals surface area contributed by atoms with Gasteiger partial charge in [-0.25, -0.2) is 8.78 Å². The Morgan fingerprint density at radius 1 is 0.828 bits per heavy atom. The summed E-state index contributed by atoms with van der Waals surface area (Å²) < 4.78 is 28.3. The Labute approximate surface area is 166 Å². The van der Waals surface area contributed by atoms with Crippen LogP contribution in [-0.2, 0) is 22.4 Å². The lowest BCUT2D eigenvalue weighted by Gasteiger charge is -2.42. The van der Waals surface area contributed by atoms with Crippen molar-refractivity contribution >= 4 is 22.7 Å². The Morgan fingerprint density at radius 2 is 1.41 bits per heavy atom. The lowest BCUT2D eigenvalue weighted by Crippen LogP contribution is -2.63. The number of aromatic nitrogens is 1. The summed E-state index contributed by atoms with van der Waals surface area (Å²) >= 11 is 0. The van der Waals surface area contributed by atoms with E-state index >= 15 is 0 Å². The molecule has 0 radical (unpaired) electrons. The lowest BCUT2D eigenvalue weighted by molar-refractivity contribution is -0.158. The van der Waals surface area contributed by atoms with Crippen LogP contribution in [0.15, 0.2) is 48.7 Å². The molecule has 2 heterocycles. The number of amides is 2. The van der Waals surface area contributed by atoms with Crippen molar-refractivity contribution in [1.82, 2.24) is 14.8 Å². The Kier molecular flexibility index (Phi) is 4.82. The highest BCUT2D eigenvalue weighted by Crippen LogP contribution is 2.27. The third-order valence-electron chi connectivity index (χ3n) is 5.72. The average Bonchev–Trinajstić information content (AvgIpc) is 3.12. The molecule has 1 fully saturated rings. The van der Waals surface area contributed by atoms with Gasteiger partial charge in [-0.05, 0) is 29.3 Å². The van der Waals surface area contributed by atoms with Gasteiger partial charge in [-0.2, -0.15) is 0 Å². The van der Waals surface area contributed by atoms with Crippen molar-refractivity contribution in [3.05, 3.63) is 71.4 Å². The Bertz CT molecular complexity index is 1090. The highest BCUT2D eigenvalue weighted by molar-refractivity contribution is 5.97. The Morgan fingerprint density at radius 3 is 2.07 bits per heavy atom. The van der Waals surface area contributed by atoms with Crippen LogP contribution < -0.4 is 0 Å². The summed E-state index contributed by atoms with van der Waals surface area (Å²) in [4.78, 5) is 31.8. The second-order valence-corrected chi connectivity index (χ2v) is 7.41. The van der Waals surface area contributed by atoms with Crippen LogP contribution in [0.2, 0.25) is 0 Å². The minimum Gasteiger partial charge on any atom is -0.361 e. The van der Waals surface area contributed by atoms with Crippen LogP contribution in [0.3, 0.4) is 0 Å². The minimum absolute atomic E-state index is 0.104. The lowest BCUT2D eigenvalue weighted by atomic mass is 9.95. The number of hydrogen-bond donors (Lipinski definition) is 1. The maximum atomic E-state index is 14.3. The number of fused-ring (bicyclic) bond motifs is 1. The topological polar surface area (TPSA) is 56.4 Å². The SMILES string of the molecule is CN1C(=O)[C@H](Cc2c[nH]c3cccc(F)c23)N(C)C(=O)[C@@H]1Cc1ccccc1F. The first-order valence-electron chi connectivity index (χ1n) is 9.39. The summed E-state index contributed by atoms with van der Waals surface area (Å²) in [6, 6.07) is 9.45. The van der Waals surface area contributed by atoms with Crippen LogP contribution in [0, 0.1) is 11.6 Å². The van der Waals surface area contributed by atoms with Crippen LogP contribution in [-0.4, -0.2) is 52.8 Å². The summed E-state index contributed by atoms with van der Waals surface area (Å²) in [5.74, 6) is -1.29. The zero-order valence-corrected chi connectivity index (χ0v) is 16.2. The van der Waals surface area contributed by atoms with E-state index in [1.54, 1.807) is 50.6 Å². The van der Waals surface area contributed by atoms with E-state index in [1.807, 2.05) is 0 Å². The van der Waals surface area contributed by atoms with Gasteiger partial charge in [-0.1, -0.05) is 24.3 Å². The quantitative estimate of drug-likeness (QED) is 0.736. The Hall–Kier alpha value is -3.22. The molecule has 2 aromatic carbocycles. The molecular weight excluding hydrogens is 376 g/mol. The maximum Gasteiger partial charge on any atom is 0.246 e. The van der Waals surface area contributed by atoms with Crippen LogP contribution >= 0.6 is 0 Å². The van der Waals surface area contributed by atoms with Crippen molar-refractivity contribution in [3.63, 3.8) is 0 Å². The monoisotopic (exact) mass is 397 g/mol. The molecule has 1 saturated heterocycles. The molecular formula is C22H21F2N3O2. The molecule has 4 rings (SSSR count). The number of rotatable bonds is 4. The van der Waals surface area contributed by atoms with E-state index in [2.05, 4.69) is 4.98 Å². The first kappa shape index (κ1) is 19.1. The van der Waals surface area contributed by atoms with Crippen molar-refractivity contribution in [2.45, 2.75) is 24.9 Å². The molecule has 0 saturated carbocycles. The molecule has 5 nitrogen and oxygen atoms in total. The summed E-state index contributed by atoms with van der Waals surface area (Å²) in [5.41, 5.74) is 1.66. The van der Waals surface area contributed by atoms with E-state index in [4.69, 9.17) is 0 Å². The van der Waals surface area contributed by atoms with Gasteiger partial charge in [0.2, 0.25) is 11.8 Å². The van der Waals surface area contributed by atoms with Crippen molar-refractivity contribution in [3.8, 4) is 0 Å². The predicted octanol–water partition coefficient (Wildman–Crippen LogP) is 2.90. The molecule has 0 aliphatic carbocycles. The predicted molar refractivity (Wildman–Crippen MR) is 105 cm³/mol. The first-order valence-corrected chi connectivity index (χ1v) is 9.39. The fourth-order valence-electron chi connectivity index (χ4n) is 4.01. The molecule has 1 N–H and O–H groups in total. The zero-order valence-electron chi connectivity index (χ0n) is 16.2. The standard InChI is InChI=1S/C22H21F2N3O2/c1-26-18(10-13-6-3-4-7-15(13)23)21(28)27(2)19(22(26)29)11-14-12-25-17-9-5-8-16(24)20(14)17/h3-9,12,18-19,25H,10-11H2,1-2H3/t18-,19-/m0/s1. The van der Waals surface area contributed by atoms with Gasteiger partial charge in [-0.15, -0.1) is 0 Å². The molecule has 1 aromatic heterocycles. The number of nitrogens with one attached hydrogen (secondary N) is 1. The van der Waals surface area contributed by atoms with Crippen molar-refractivity contribution in [2.75, 3.05) is 14.1 Å². The molecule has 3 aromatic rings. The number of carbonyl (C=O) groups excluding carboxylic acids is 2. The van der Waals surface area contributed by atoms with Crippen molar-refractivity contribution in [1.29, 1.82) is 0 Å². The van der Waals surface area contributed by atoms with Gasteiger partial charge >= 0.3 is 0 Å². The minimum atomic E-state index is -0.777. The fraction of sp³-hybridized carbons (Fsp3) is 0.273. The largest absolute Gasteiger partial charge is 0.361 e. The van der Waals surface area contributed by atoms with Gasteiger partial charge in [0.05, 0.1) is 0 Å². The fourth-order valence-corrected chi connectivity index (χ4v) is 4.01. The van der Waals surface area contributed by atoms with E-state index in [1.165, 1.54) is 21.9 Å². The molecule has 1 aliphatic heterocycles. The van der Waals surface area contributed by atoms with Gasteiger partial charge in [0.1, 0.15) is 23.7 Å². The van der Waals surface area contributed by atoms with Crippen LogP contribution in [0.1, 0.15) is 11.1 Å². The highest BCUT2D eigenvalue weighted by atomic mass is 19.1. The van der Waals surface area contributed by atoms with Crippen molar-refractivity contribution in [2.24, 2.45) is 0 Å². The number of hydrogen-bond acceptors (Lipinski definition) is 2. The molecule has 0 unspecified atom stereocenters. The highest BCUT2D eigenvalue weighted by Gasteiger charge is 2.43. The van der Waals surface area contributed by atoms with E-state index in [0.29, 0.717) is 22.0 Å². The smallest absolute Gasteiger partial charge is 0.246 e. The number of halogens is 2. The van der Waals surface area contributed by atoms with Gasteiger partial charge < -0.3 is 14.8 Å². The number of benzene rings is 2. The summed E-state index contributed by atoms with van der Waals surface area (Å²) in [7, 11) is 3.12. The van der Waals surface area contributed by atoms with Gasteiger partial charge in [0, 0.05) is 44.0 Å². The summed E-state index contributed by atoms with van der Waals surface area (Å²) in [6.07, 6.45) is 1.97. The van der Waals surface area contributed by atoms with E-state index in [0.717, 1.165) is 0 Å². The second-order valence-electron chi connectivity index (χ2n) is 7.41. The normalized spacial score (nSPS) is 20.0. The molecule has 0 spiro atoms. The van der Waals surface area contributed by atoms with Crippen molar-refractivity contribution < 1.29 is 18.4 Å². The number of carbonyl (C=O) groups is 2.